The molecule has 2 unspecified atom stereocenters. The minimum absolute atomic E-state index is 0.0639. The summed E-state index contributed by atoms with van der Waals surface area (Å²) < 4.78 is 29.0. The van der Waals surface area contributed by atoms with Crippen LogP contribution in [0.3, 0.4) is 0 Å². The number of fused-ring (bicyclic) bond motifs is 6. The number of ether oxygens (including phenoxy) is 5. The van der Waals surface area contributed by atoms with E-state index in [1.54, 1.807) is 45.4 Å². The Balaban J connectivity index is 1.58. The van der Waals surface area contributed by atoms with E-state index in [0.29, 0.717) is 45.4 Å². The van der Waals surface area contributed by atoms with Crippen molar-refractivity contribution in [3.05, 3.63) is 41.0 Å². The van der Waals surface area contributed by atoms with Crippen molar-refractivity contribution in [3.8, 4) is 28.7 Å². The van der Waals surface area contributed by atoms with Crippen LogP contribution in [0.15, 0.2) is 24.3 Å². The number of methoxy groups -OCH3 is 2. The fourth-order valence-corrected chi connectivity index (χ4v) is 4.75. The van der Waals surface area contributed by atoms with Gasteiger partial charge in [-0.15, -0.1) is 11.6 Å². The molecule has 3 aliphatic heterocycles. The molecule has 1 N–H and O–H groups in total. The Morgan fingerprint density at radius 2 is 1.94 bits per heavy atom. The molecular weight excluding hydrogens is 424 g/mol. The van der Waals surface area contributed by atoms with Gasteiger partial charge in [0.25, 0.3) is 0 Å². The van der Waals surface area contributed by atoms with Gasteiger partial charge in [0.05, 0.1) is 37.7 Å². The number of aliphatic hydroxyl groups is 1. The van der Waals surface area contributed by atoms with Crippen molar-refractivity contribution in [3.63, 3.8) is 0 Å². The molecule has 3 aliphatic rings. The standard InChI is InChI=1S/C23H23ClO7/c1-23(10-24)19(25)7-13-14(31-23)5-4-11-21(26)20-12-6-16(27-2)17(28-3)8-15(12)29-9-18(20)30-22(11)13/h4-6,8,18-20,25H,7,9-10H2,1-3H3/t18-,19?,20+,23?/m1/s1. The lowest BCUT2D eigenvalue weighted by molar-refractivity contribution is -0.0401. The normalized spacial score (nSPS) is 28.0. The van der Waals surface area contributed by atoms with Gasteiger partial charge in [0, 0.05) is 23.6 Å². The fraction of sp³-hybridized carbons (Fsp3) is 0.435. The number of hydrogen-bond acceptors (Lipinski definition) is 7. The van der Waals surface area contributed by atoms with Crippen LogP contribution < -0.4 is 23.7 Å². The van der Waals surface area contributed by atoms with Crippen molar-refractivity contribution in [2.24, 2.45) is 0 Å². The first-order valence-electron chi connectivity index (χ1n) is 10.1. The maximum absolute atomic E-state index is 13.6. The van der Waals surface area contributed by atoms with E-state index < -0.39 is 23.7 Å². The second kappa shape index (κ2) is 7.21. The molecule has 0 saturated carbocycles. The quantitative estimate of drug-likeness (QED) is 0.725. The van der Waals surface area contributed by atoms with Crippen LogP contribution in [-0.4, -0.2) is 55.4 Å². The molecule has 0 radical (unpaired) electrons. The average molecular weight is 447 g/mol. The molecule has 4 atom stereocenters. The van der Waals surface area contributed by atoms with Gasteiger partial charge in [-0.2, -0.15) is 0 Å². The highest BCUT2D eigenvalue weighted by atomic mass is 35.5. The third-order valence-corrected chi connectivity index (χ3v) is 6.90. The number of aliphatic hydroxyl groups excluding tert-OH is 1. The lowest BCUT2D eigenvalue weighted by Gasteiger charge is -2.42. The highest BCUT2D eigenvalue weighted by molar-refractivity contribution is 6.18. The summed E-state index contributed by atoms with van der Waals surface area (Å²) in [7, 11) is 3.10. The molecule has 164 valence electrons. The zero-order valence-electron chi connectivity index (χ0n) is 17.4. The molecule has 0 bridgehead atoms. The number of Topliss-reactive ketones (excluding diaryl/α,β-unsaturated/α-hetero) is 1. The number of carbonyl (C=O) groups is 1. The van der Waals surface area contributed by atoms with Gasteiger partial charge < -0.3 is 28.8 Å². The Morgan fingerprint density at radius 3 is 2.65 bits per heavy atom. The van der Waals surface area contributed by atoms with Gasteiger partial charge in [-0.1, -0.05) is 0 Å². The van der Waals surface area contributed by atoms with Crippen molar-refractivity contribution in [1.29, 1.82) is 0 Å². The molecule has 0 spiro atoms. The SMILES string of the molecule is COc1cc2c(cc1OC)[C@@H]1C(=O)c3ccc4c(c3O[C@@H]1CO2)CC(O)C(C)(CCl)O4. The number of carbonyl (C=O) groups excluding carboxylic acids is 1. The number of benzene rings is 2. The first-order chi connectivity index (χ1) is 14.9. The van der Waals surface area contributed by atoms with E-state index in [4.69, 9.17) is 35.3 Å². The molecular formula is C23H23ClO7. The molecule has 0 amide bonds. The van der Waals surface area contributed by atoms with Crippen molar-refractivity contribution >= 4 is 17.4 Å². The highest BCUT2D eigenvalue weighted by Crippen LogP contribution is 2.50. The largest absolute Gasteiger partial charge is 0.493 e. The highest BCUT2D eigenvalue weighted by Gasteiger charge is 2.47. The first kappa shape index (κ1) is 20.3. The summed E-state index contributed by atoms with van der Waals surface area (Å²) in [5.74, 6) is 2.20. The van der Waals surface area contributed by atoms with Gasteiger partial charge >= 0.3 is 0 Å². The number of halogens is 1. The van der Waals surface area contributed by atoms with Crippen molar-refractivity contribution in [2.45, 2.75) is 37.1 Å². The van der Waals surface area contributed by atoms with Gasteiger partial charge in [-0.25, -0.2) is 0 Å². The van der Waals surface area contributed by atoms with Crippen LogP contribution in [0.25, 0.3) is 0 Å². The topological polar surface area (TPSA) is 83.5 Å². The zero-order valence-corrected chi connectivity index (χ0v) is 18.2. The van der Waals surface area contributed by atoms with E-state index in [1.807, 2.05) is 0 Å². The number of alkyl halides is 1. The zero-order chi connectivity index (χ0) is 21.9. The van der Waals surface area contributed by atoms with E-state index in [9.17, 15) is 9.90 Å². The van der Waals surface area contributed by atoms with Crippen LogP contribution in [0.5, 0.6) is 28.7 Å². The smallest absolute Gasteiger partial charge is 0.178 e. The minimum Gasteiger partial charge on any atom is -0.493 e. The van der Waals surface area contributed by atoms with E-state index in [-0.39, 0.29) is 24.7 Å². The van der Waals surface area contributed by atoms with Gasteiger partial charge in [-0.05, 0) is 25.1 Å². The lowest BCUT2D eigenvalue weighted by Crippen LogP contribution is -2.51. The molecule has 2 aromatic rings. The third-order valence-electron chi connectivity index (χ3n) is 6.37. The summed E-state index contributed by atoms with van der Waals surface area (Å²) in [6.45, 7) is 1.98. The predicted molar refractivity (Wildman–Crippen MR) is 112 cm³/mol. The number of rotatable bonds is 3. The molecule has 8 heteroatoms. The average Bonchev–Trinajstić information content (AvgIpc) is 2.78. The van der Waals surface area contributed by atoms with Gasteiger partial charge in [0.2, 0.25) is 0 Å². The molecule has 31 heavy (non-hydrogen) atoms. The van der Waals surface area contributed by atoms with Crippen LogP contribution in [0, 0.1) is 0 Å². The van der Waals surface area contributed by atoms with Crippen LogP contribution in [-0.2, 0) is 6.42 Å². The molecule has 0 saturated heterocycles. The summed E-state index contributed by atoms with van der Waals surface area (Å²) in [5, 5.41) is 10.6. The maximum Gasteiger partial charge on any atom is 0.178 e. The molecule has 0 aliphatic carbocycles. The molecule has 5 rings (SSSR count). The van der Waals surface area contributed by atoms with Gasteiger partial charge in [-0.3, -0.25) is 4.79 Å². The van der Waals surface area contributed by atoms with Crippen LogP contribution in [0.1, 0.15) is 34.3 Å². The van der Waals surface area contributed by atoms with Crippen LogP contribution in [0.4, 0.5) is 0 Å². The van der Waals surface area contributed by atoms with Crippen molar-refractivity contribution in [2.75, 3.05) is 26.7 Å². The fourth-order valence-electron chi connectivity index (χ4n) is 4.52. The summed E-state index contributed by atoms with van der Waals surface area (Å²) >= 11 is 6.03. The molecule has 0 aromatic heterocycles. The minimum atomic E-state index is -0.896. The second-order valence-corrected chi connectivity index (χ2v) is 8.51. The Bertz CT molecular complexity index is 1070. The third kappa shape index (κ3) is 2.94. The number of ketones is 1. The summed E-state index contributed by atoms with van der Waals surface area (Å²) in [4.78, 5) is 13.6. The maximum atomic E-state index is 13.6. The monoisotopic (exact) mass is 446 g/mol. The van der Waals surface area contributed by atoms with Crippen molar-refractivity contribution < 1.29 is 33.6 Å². The van der Waals surface area contributed by atoms with Crippen LogP contribution in [0.2, 0.25) is 0 Å². The van der Waals surface area contributed by atoms with Gasteiger partial charge in [0.1, 0.15) is 35.6 Å². The Labute approximate surface area is 184 Å². The molecule has 0 fully saturated rings. The molecule has 2 aromatic carbocycles. The Hall–Kier alpha value is -2.64. The van der Waals surface area contributed by atoms with E-state index in [0.717, 1.165) is 0 Å². The van der Waals surface area contributed by atoms with E-state index in [2.05, 4.69) is 0 Å². The summed E-state index contributed by atoms with van der Waals surface area (Å²) in [6.07, 6.45) is -1.04. The van der Waals surface area contributed by atoms with E-state index >= 15 is 0 Å². The van der Waals surface area contributed by atoms with Crippen LogP contribution >= 0.6 is 11.6 Å². The molecule has 7 nitrogen and oxygen atoms in total. The lowest BCUT2D eigenvalue weighted by atomic mass is 9.80. The first-order valence-corrected chi connectivity index (χ1v) is 10.6. The second-order valence-electron chi connectivity index (χ2n) is 8.24. The Kier molecular flexibility index (Phi) is 4.71. The van der Waals surface area contributed by atoms with Gasteiger partial charge in [0.15, 0.2) is 17.3 Å². The van der Waals surface area contributed by atoms with E-state index in [1.165, 1.54) is 0 Å². The van der Waals surface area contributed by atoms with Crippen molar-refractivity contribution in [1.82, 2.24) is 0 Å². The number of hydrogen-bond donors (Lipinski definition) is 1. The Morgan fingerprint density at radius 1 is 1.19 bits per heavy atom. The molecule has 3 heterocycles. The predicted octanol–water partition coefficient (Wildman–Crippen LogP) is 3.12. The summed E-state index contributed by atoms with van der Waals surface area (Å²) in [5.41, 5.74) is 0.950. The summed E-state index contributed by atoms with van der Waals surface area (Å²) in [6, 6.07) is 6.97.